The van der Waals surface area contributed by atoms with Crippen LogP contribution in [0.15, 0.2) is 70.6 Å². The number of benzene rings is 2. The van der Waals surface area contributed by atoms with E-state index in [9.17, 15) is 4.79 Å². The van der Waals surface area contributed by atoms with Crippen LogP contribution in [-0.4, -0.2) is 15.9 Å². The van der Waals surface area contributed by atoms with E-state index in [0.717, 1.165) is 26.6 Å². The van der Waals surface area contributed by atoms with Gasteiger partial charge < -0.3 is 0 Å². The summed E-state index contributed by atoms with van der Waals surface area (Å²) in [7, 11) is 0. The van der Waals surface area contributed by atoms with Gasteiger partial charge in [0, 0.05) is 32.6 Å². The van der Waals surface area contributed by atoms with Crippen molar-refractivity contribution in [2.24, 2.45) is 0 Å². The third kappa shape index (κ3) is 3.31. The van der Waals surface area contributed by atoms with Crippen molar-refractivity contribution >= 4 is 49.2 Å². The van der Waals surface area contributed by atoms with E-state index >= 15 is 0 Å². The second kappa shape index (κ2) is 6.74. The maximum atomic E-state index is 12.6. The van der Waals surface area contributed by atoms with E-state index in [1.807, 2.05) is 53.9 Å². The van der Waals surface area contributed by atoms with Gasteiger partial charge in [0.25, 0.3) is 5.91 Å². The van der Waals surface area contributed by atoms with Crippen molar-refractivity contribution in [2.45, 2.75) is 0 Å². The summed E-state index contributed by atoms with van der Waals surface area (Å²) < 4.78 is 1.02. The van der Waals surface area contributed by atoms with E-state index < -0.39 is 0 Å². The first-order valence-electron chi connectivity index (χ1n) is 7.57. The highest BCUT2D eigenvalue weighted by atomic mass is 79.9. The molecule has 0 aliphatic carbocycles. The van der Waals surface area contributed by atoms with Gasteiger partial charge in [-0.05, 0) is 30.3 Å². The summed E-state index contributed by atoms with van der Waals surface area (Å²) in [5, 5.41) is 6.22. The molecule has 4 aromatic rings. The Morgan fingerprint density at radius 3 is 2.72 bits per heavy atom. The molecule has 2 aromatic carbocycles. The number of fused-ring (bicyclic) bond motifs is 1. The van der Waals surface area contributed by atoms with Gasteiger partial charge in [-0.3, -0.25) is 15.1 Å². The zero-order chi connectivity index (χ0) is 17.2. The van der Waals surface area contributed by atoms with Crippen LogP contribution in [-0.2, 0) is 0 Å². The Balaban J connectivity index is 1.60. The molecule has 1 amide bonds. The number of rotatable bonds is 3. The lowest BCUT2D eigenvalue weighted by Gasteiger charge is -2.05. The minimum Gasteiger partial charge on any atom is -0.298 e. The maximum absolute atomic E-state index is 12.6. The molecular weight excluding hydrogens is 398 g/mol. The van der Waals surface area contributed by atoms with Gasteiger partial charge in [-0.2, -0.15) is 0 Å². The normalized spacial score (nSPS) is 10.8. The number of carbonyl (C=O) groups excluding carboxylic acids is 1. The maximum Gasteiger partial charge on any atom is 0.258 e. The molecule has 4 rings (SSSR count). The molecule has 0 aliphatic heterocycles. The van der Waals surface area contributed by atoms with Crippen molar-refractivity contribution in [3.05, 3.63) is 76.2 Å². The van der Waals surface area contributed by atoms with Crippen molar-refractivity contribution in [3.63, 3.8) is 0 Å². The average molecular weight is 410 g/mol. The van der Waals surface area contributed by atoms with Crippen LogP contribution in [0.2, 0.25) is 0 Å². The number of amides is 1. The minimum absolute atomic E-state index is 0.185. The van der Waals surface area contributed by atoms with Crippen molar-refractivity contribution in [2.75, 3.05) is 5.32 Å². The van der Waals surface area contributed by atoms with Crippen LogP contribution in [0.4, 0.5) is 5.13 Å². The summed E-state index contributed by atoms with van der Waals surface area (Å²) >= 11 is 4.83. The Hall–Kier alpha value is -2.57. The summed E-state index contributed by atoms with van der Waals surface area (Å²) in [4.78, 5) is 21.4. The summed E-state index contributed by atoms with van der Waals surface area (Å²) in [5.41, 5.74) is 3.23. The molecule has 0 spiro atoms. The predicted molar refractivity (Wildman–Crippen MR) is 105 cm³/mol. The van der Waals surface area contributed by atoms with E-state index in [-0.39, 0.29) is 5.91 Å². The van der Waals surface area contributed by atoms with Gasteiger partial charge in [-0.1, -0.05) is 40.2 Å². The molecule has 122 valence electrons. The van der Waals surface area contributed by atoms with E-state index in [1.54, 1.807) is 12.3 Å². The molecule has 2 aromatic heterocycles. The first kappa shape index (κ1) is 15.9. The van der Waals surface area contributed by atoms with Crippen LogP contribution in [0.3, 0.4) is 0 Å². The fraction of sp³-hybridized carbons (Fsp3) is 0. The molecule has 25 heavy (non-hydrogen) atoms. The molecule has 6 heteroatoms. The Morgan fingerprint density at radius 1 is 1.04 bits per heavy atom. The van der Waals surface area contributed by atoms with Crippen molar-refractivity contribution in [3.8, 4) is 11.3 Å². The molecule has 0 fully saturated rings. The van der Waals surface area contributed by atoms with Crippen LogP contribution in [0.25, 0.3) is 22.2 Å². The van der Waals surface area contributed by atoms with Crippen LogP contribution in [0.1, 0.15) is 10.4 Å². The molecule has 4 nitrogen and oxygen atoms in total. The van der Waals surface area contributed by atoms with Crippen LogP contribution < -0.4 is 5.32 Å². The lowest BCUT2D eigenvalue weighted by atomic mass is 10.1. The third-order valence-electron chi connectivity index (χ3n) is 3.75. The predicted octanol–water partition coefficient (Wildman–Crippen LogP) is 5.37. The number of nitrogens with zero attached hydrogens (tertiary/aromatic N) is 2. The summed E-state index contributed by atoms with van der Waals surface area (Å²) in [6.45, 7) is 0. The second-order valence-electron chi connectivity index (χ2n) is 5.37. The first-order chi connectivity index (χ1) is 12.2. The first-order valence-corrected chi connectivity index (χ1v) is 9.24. The molecule has 0 bridgehead atoms. The van der Waals surface area contributed by atoms with Crippen molar-refractivity contribution in [1.82, 2.24) is 9.97 Å². The summed E-state index contributed by atoms with van der Waals surface area (Å²) in [6.07, 6.45) is 1.72. The standard InChI is InChI=1S/C19H12BrN3OS/c20-13-8-6-12(7-9-13)17-11-25-19(22-17)23-18(24)15-3-1-5-16-14(15)4-2-10-21-16/h1-11H,(H,22,23,24). The Labute approximate surface area is 156 Å². The number of anilines is 1. The second-order valence-corrected chi connectivity index (χ2v) is 7.15. The Bertz CT molecular complexity index is 1050. The molecule has 2 heterocycles. The van der Waals surface area contributed by atoms with Crippen LogP contribution in [0.5, 0.6) is 0 Å². The number of carbonyl (C=O) groups is 1. The number of hydrogen-bond acceptors (Lipinski definition) is 4. The van der Waals surface area contributed by atoms with Gasteiger partial charge in [-0.25, -0.2) is 4.98 Å². The largest absolute Gasteiger partial charge is 0.298 e. The van der Waals surface area contributed by atoms with Gasteiger partial charge in [-0.15, -0.1) is 11.3 Å². The Morgan fingerprint density at radius 2 is 1.88 bits per heavy atom. The summed E-state index contributed by atoms with van der Waals surface area (Å²) in [6, 6.07) is 17.2. The van der Waals surface area contributed by atoms with Gasteiger partial charge in [0.1, 0.15) is 0 Å². The van der Waals surface area contributed by atoms with E-state index in [4.69, 9.17) is 0 Å². The van der Waals surface area contributed by atoms with Gasteiger partial charge in [0.15, 0.2) is 5.13 Å². The number of aromatic nitrogens is 2. The van der Waals surface area contributed by atoms with Crippen LogP contribution in [0, 0.1) is 0 Å². The Kier molecular flexibility index (Phi) is 4.29. The summed E-state index contributed by atoms with van der Waals surface area (Å²) in [5.74, 6) is -0.185. The molecule has 0 saturated heterocycles. The van der Waals surface area contributed by atoms with Gasteiger partial charge >= 0.3 is 0 Å². The highest BCUT2D eigenvalue weighted by Crippen LogP contribution is 2.27. The molecule has 0 saturated carbocycles. The number of nitrogens with one attached hydrogen (secondary N) is 1. The molecule has 0 atom stereocenters. The molecule has 1 N–H and O–H groups in total. The zero-order valence-electron chi connectivity index (χ0n) is 12.9. The minimum atomic E-state index is -0.185. The van der Waals surface area contributed by atoms with Crippen molar-refractivity contribution < 1.29 is 4.79 Å². The highest BCUT2D eigenvalue weighted by Gasteiger charge is 2.13. The van der Waals surface area contributed by atoms with Crippen LogP contribution >= 0.6 is 27.3 Å². The van der Waals surface area contributed by atoms with E-state index in [1.165, 1.54) is 11.3 Å². The topological polar surface area (TPSA) is 54.9 Å². The lowest BCUT2D eigenvalue weighted by Crippen LogP contribution is -2.12. The number of thiazole rings is 1. The van der Waals surface area contributed by atoms with Gasteiger partial charge in [0.05, 0.1) is 11.2 Å². The monoisotopic (exact) mass is 409 g/mol. The molecular formula is C19H12BrN3OS. The number of pyridine rings is 1. The average Bonchev–Trinajstić information content (AvgIpc) is 3.10. The van der Waals surface area contributed by atoms with E-state index in [2.05, 4.69) is 31.2 Å². The lowest BCUT2D eigenvalue weighted by molar-refractivity contribution is 0.102. The number of halogens is 1. The smallest absolute Gasteiger partial charge is 0.258 e. The zero-order valence-corrected chi connectivity index (χ0v) is 15.3. The van der Waals surface area contributed by atoms with Gasteiger partial charge in [0.2, 0.25) is 0 Å². The molecule has 0 unspecified atom stereocenters. The SMILES string of the molecule is O=C(Nc1nc(-c2ccc(Br)cc2)cs1)c1cccc2ncccc12. The number of hydrogen-bond donors (Lipinski definition) is 1. The molecule has 0 radical (unpaired) electrons. The fourth-order valence-electron chi connectivity index (χ4n) is 2.55. The molecule has 0 aliphatic rings. The highest BCUT2D eigenvalue weighted by molar-refractivity contribution is 9.10. The third-order valence-corrected chi connectivity index (χ3v) is 5.04. The fourth-order valence-corrected chi connectivity index (χ4v) is 3.53. The van der Waals surface area contributed by atoms with E-state index in [0.29, 0.717) is 10.7 Å². The van der Waals surface area contributed by atoms with Crippen molar-refractivity contribution in [1.29, 1.82) is 0 Å². The quantitative estimate of drug-likeness (QED) is 0.494.